The van der Waals surface area contributed by atoms with Gasteiger partial charge in [0, 0.05) is 6.07 Å². The summed E-state index contributed by atoms with van der Waals surface area (Å²) in [6.07, 6.45) is 0. The van der Waals surface area contributed by atoms with E-state index < -0.39 is 22.5 Å². The maximum Gasteiger partial charge on any atom is 0.181 e. The quantitative estimate of drug-likeness (QED) is 0.409. The summed E-state index contributed by atoms with van der Waals surface area (Å²) in [6.45, 7) is 0. The summed E-state index contributed by atoms with van der Waals surface area (Å²) >= 11 is 4.97. The molecule has 1 aromatic rings. The van der Waals surface area contributed by atoms with E-state index in [-0.39, 0.29) is 0 Å². The highest BCUT2D eigenvalue weighted by Gasteiger charge is 2.10. The second-order valence-corrected chi connectivity index (χ2v) is 1.96. The van der Waals surface area contributed by atoms with E-state index in [1.807, 2.05) is 0 Å². The minimum Gasteiger partial charge on any atom is -0.205 e. The van der Waals surface area contributed by atoms with Crippen molar-refractivity contribution in [2.75, 3.05) is 0 Å². The molecule has 0 nitrogen and oxygen atoms in total. The van der Waals surface area contributed by atoms with Crippen LogP contribution < -0.4 is 0 Å². The fourth-order valence-corrected chi connectivity index (χ4v) is 0.592. The molecule has 1 aromatic carbocycles. The molecule has 10 heavy (non-hydrogen) atoms. The first-order valence-corrected chi connectivity index (χ1v) is 2.71. The molecule has 0 spiro atoms. The van der Waals surface area contributed by atoms with Gasteiger partial charge in [0.25, 0.3) is 0 Å². The van der Waals surface area contributed by atoms with E-state index in [4.69, 9.17) is 11.6 Å². The number of hydrogen-bond donors (Lipinski definition) is 0. The van der Waals surface area contributed by atoms with Gasteiger partial charge in [-0.15, -0.1) is 0 Å². The lowest BCUT2D eigenvalue weighted by Gasteiger charge is -1.94. The lowest BCUT2D eigenvalue weighted by atomic mass is 10.3. The molecule has 0 unspecified atom stereocenters. The summed E-state index contributed by atoms with van der Waals surface area (Å²) in [4.78, 5) is 0. The zero-order valence-corrected chi connectivity index (χ0v) is 5.35. The SMILES string of the molecule is Fc1[c]cc(F)c(Cl)c1F. The van der Waals surface area contributed by atoms with E-state index in [9.17, 15) is 13.2 Å². The molecule has 0 aliphatic heterocycles. The van der Waals surface area contributed by atoms with E-state index in [1.54, 1.807) is 6.07 Å². The molecule has 0 fully saturated rings. The molecule has 0 saturated carbocycles. The molecule has 0 aliphatic carbocycles. The molecule has 0 bridgehead atoms. The third kappa shape index (κ3) is 1.09. The Morgan fingerprint density at radius 3 is 2.40 bits per heavy atom. The second-order valence-electron chi connectivity index (χ2n) is 1.58. The maximum atomic E-state index is 12.2. The fraction of sp³-hybridized carbons (Fsp3) is 0. The Morgan fingerprint density at radius 1 is 1.30 bits per heavy atom. The van der Waals surface area contributed by atoms with Crippen LogP contribution in [0, 0.1) is 23.5 Å². The minimum absolute atomic E-state index is 0.640. The van der Waals surface area contributed by atoms with Gasteiger partial charge in [0.2, 0.25) is 0 Å². The Bertz CT molecular complexity index is 232. The highest BCUT2D eigenvalue weighted by atomic mass is 35.5. The predicted octanol–water partition coefficient (Wildman–Crippen LogP) is 2.56. The number of benzene rings is 1. The summed E-state index contributed by atoms with van der Waals surface area (Å²) in [5.41, 5.74) is 0. The Kier molecular flexibility index (Phi) is 1.85. The van der Waals surface area contributed by atoms with E-state index in [1.165, 1.54) is 0 Å². The molecule has 1 radical (unpaired) electrons. The zero-order chi connectivity index (χ0) is 7.72. The molecule has 0 saturated heterocycles. The van der Waals surface area contributed by atoms with Gasteiger partial charge >= 0.3 is 0 Å². The van der Waals surface area contributed by atoms with Crippen molar-refractivity contribution in [2.45, 2.75) is 0 Å². The van der Waals surface area contributed by atoms with Gasteiger partial charge in [-0.2, -0.15) is 0 Å². The highest BCUT2D eigenvalue weighted by molar-refractivity contribution is 6.30. The van der Waals surface area contributed by atoms with Crippen molar-refractivity contribution in [2.24, 2.45) is 0 Å². The normalized spacial score (nSPS) is 10.0. The van der Waals surface area contributed by atoms with Crippen molar-refractivity contribution in [1.29, 1.82) is 0 Å². The third-order valence-electron chi connectivity index (χ3n) is 0.921. The second kappa shape index (κ2) is 2.50. The van der Waals surface area contributed by atoms with Gasteiger partial charge in [0.1, 0.15) is 10.8 Å². The van der Waals surface area contributed by atoms with Crippen LogP contribution in [0.5, 0.6) is 0 Å². The summed E-state index contributed by atoms with van der Waals surface area (Å²) in [5.74, 6) is -3.69. The highest BCUT2D eigenvalue weighted by Crippen LogP contribution is 2.19. The summed E-state index contributed by atoms with van der Waals surface area (Å²) < 4.78 is 36.5. The van der Waals surface area contributed by atoms with Crippen LogP contribution in [0.25, 0.3) is 0 Å². The Hall–Kier alpha value is -0.700. The van der Waals surface area contributed by atoms with Gasteiger partial charge in [-0.3, -0.25) is 0 Å². The van der Waals surface area contributed by atoms with Crippen LogP contribution in [0.2, 0.25) is 5.02 Å². The van der Waals surface area contributed by atoms with Crippen molar-refractivity contribution in [3.8, 4) is 0 Å². The molecule has 0 aliphatic rings. The van der Waals surface area contributed by atoms with Gasteiger partial charge in [-0.05, 0) is 6.07 Å². The molecule has 0 atom stereocenters. The first-order valence-electron chi connectivity index (χ1n) is 2.33. The summed E-state index contributed by atoms with van der Waals surface area (Å²) in [6, 6.07) is 2.35. The molecule has 4 heteroatoms. The average Bonchev–Trinajstić information content (AvgIpc) is 1.93. The van der Waals surface area contributed by atoms with Crippen LogP contribution in [0.1, 0.15) is 0 Å². The average molecular weight is 166 g/mol. The van der Waals surface area contributed by atoms with Gasteiger partial charge in [0.15, 0.2) is 11.6 Å². The first-order chi connectivity index (χ1) is 4.63. The minimum atomic E-state index is -1.40. The van der Waals surface area contributed by atoms with Crippen LogP contribution >= 0.6 is 11.6 Å². The van der Waals surface area contributed by atoms with E-state index in [0.717, 1.165) is 0 Å². The smallest absolute Gasteiger partial charge is 0.181 e. The summed E-state index contributed by atoms with van der Waals surface area (Å²) in [7, 11) is 0. The van der Waals surface area contributed by atoms with Crippen molar-refractivity contribution < 1.29 is 13.2 Å². The zero-order valence-electron chi connectivity index (χ0n) is 4.59. The van der Waals surface area contributed by atoms with Gasteiger partial charge in [0.05, 0.1) is 0 Å². The van der Waals surface area contributed by atoms with Crippen LogP contribution in [-0.4, -0.2) is 0 Å². The molecule has 0 N–H and O–H groups in total. The monoisotopic (exact) mass is 165 g/mol. The molecular formula is C6HClF3. The first kappa shape index (κ1) is 7.41. The van der Waals surface area contributed by atoms with E-state index in [0.29, 0.717) is 6.07 Å². The van der Waals surface area contributed by atoms with E-state index >= 15 is 0 Å². The van der Waals surface area contributed by atoms with Gasteiger partial charge in [-0.1, -0.05) is 11.6 Å². The standard InChI is InChI=1S/C6HClF3/c7-5-3(8)1-2-4(9)6(5)10/h1H. The Labute approximate surface area is 60.2 Å². The lowest BCUT2D eigenvalue weighted by molar-refractivity contribution is 0.494. The number of hydrogen-bond acceptors (Lipinski definition) is 0. The van der Waals surface area contributed by atoms with Crippen molar-refractivity contribution in [3.63, 3.8) is 0 Å². The molecule has 1 rings (SSSR count). The molecule has 0 amide bonds. The molecule has 0 heterocycles. The number of halogens is 4. The van der Waals surface area contributed by atoms with E-state index in [2.05, 4.69) is 0 Å². The van der Waals surface area contributed by atoms with Gasteiger partial charge in [-0.25, -0.2) is 13.2 Å². The lowest BCUT2D eigenvalue weighted by Crippen LogP contribution is -1.88. The Balaban J connectivity index is 3.34. The number of rotatable bonds is 0. The topological polar surface area (TPSA) is 0 Å². The molecule has 0 aromatic heterocycles. The molecular weight excluding hydrogens is 165 g/mol. The largest absolute Gasteiger partial charge is 0.205 e. The van der Waals surface area contributed by atoms with Crippen LogP contribution in [0.15, 0.2) is 6.07 Å². The van der Waals surface area contributed by atoms with Crippen LogP contribution in [0.3, 0.4) is 0 Å². The Morgan fingerprint density at radius 2 is 1.90 bits per heavy atom. The van der Waals surface area contributed by atoms with Gasteiger partial charge < -0.3 is 0 Å². The summed E-state index contributed by atoms with van der Waals surface area (Å²) in [5, 5.41) is -0.837. The maximum absolute atomic E-state index is 12.2. The van der Waals surface area contributed by atoms with Crippen molar-refractivity contribution >= 4 is 11.6 Å². The van der Waals surface area contributed by atoms with Crippen LogP contribution in [0.4, 0.5) is 13.2 Å². The van der Waals surface area contributed by atoms with Crippen molar-refractivity contribution in [1.82, 2.24) is 0 Å². The predicted molar refractivity (Wildman–Crippen MR) is 30.2 cm³/mol. The van der Waals surface area contributed by atoms with Crippen molar-refractivity contribution in [3.05, 3.63) is 34.6 Å². The molecule has 53 valence electrons. The third-order valence-corrected chi connectivity index (χ3v) is 1.27. The van der Waals surface area contributed by atoms with Crippen LogP contribution in [-0.2, 0) is 0 Å². The fourth-order valence-electron chi connectivity index (χ4n) is 0.455.